The molecule has 1 N–H and O–H groups in total. The van der Waals surface area contributed by atoms with Crippen LogP contribution in [0.25, 0.3) is 0 Å². The molecule has 0 radical (unpaired) electrons. The maximum atomic E-state index is 10.5. The summed E-state index contributed by atoms with van der Waals surface area (Å²) in [5.41, 5.74) is 0.945. The number of piperidine rings is 1. The summed E-state index contributed by atoms with van der Waals surface area (Å²) in [7, 11) is 2.12. The van der Waals surface area contributed by atoms with Crippen LogP contribution >= 0.6 is 0 Å². The highest BCUT2D eigenvalue weighted by molar-refractivity contribution is 5.38. The van der Waals surface area contributed by atoms with E-state index in [2.05, 4.69) is 38.0 Å². The first-order valence-electron chi connectivity index (χ1n) is 9.35. The minimum atomic E-state index is -0.322. The van der Waals surface area contributed by atoms with E-state index >= 15 is 0 Å². The van der Waals surface area contributed by atoms with Crippen molar-refractivity contribution in [1.29, 1.82) is 0 Å². The Balaban J connectivity index is 1.49. The van der Waals surface area contributed by atoms with E-state index in [-0.39, 0.29) is 6.10 Å². The van der Waals surface area contributed by atoms with Crippen LogP contribution in [-0.2, 0) is 4.74 Å². The van der Waals surface area contributed by atoms with Gasteiger partial charge in [0.1, 0.15) is 0 Å². The van der Waals surface area contributed by atoms with E-state index < -0.39 is 0 Å². The van der Waals surface area contributed by atoms with E-state index in [4.69, 9.17) is 4.74 Å². The summed E-state index contributed by atoms with van der Waals surface area (Å²) in [6, 6.07) is 4.51. The molecular weight excluding hydrogens is 318 g/mol. The number of β-amino-alcohol motifs (C(OH)–C–C–N with tert-alkyl or cyclic N) is 1. The van der Waals surface area contributed by atoms with Gasteiger partial charge in [-0.25, -0.2) is 0 Å². The third kappa shape index (κ3) is 5.34. The molecule has 0 saturated carbocycles. The first kappa shape index (κ1) is 18.5. The second-order valence-corrected chi connectivity index (χ2v) is 7.28. The zero-order chi connectivity index (χ0) is 17.6. The smallest absolute Gasteiger partial charge is 0.151 e. The largest absolute Gasteiger partial charge is 0.390 e. The molecule has 0 aromatic carbocycles. The van der Waals surface area contributed by atoms with E-state index in [1.54, 1.807) is 0 Å². The summed E-state index contributed by atoms with van der Waals surface area (Å²) in [5.74, 6) is 0.956. The molecule has 2 aliphatic rings. The minimum Gasteiger partial charge on any atom is -0.390 e. The van der Waals surface area contributed by atoms with Crippen LogP contribution in [0.2, 0.25) is 0 Å². The van der Waals surface area contributed by atoms with Crippen molar-refractivity contribution in [3.8, 4) is 0 Å². The van der Waals surface area contributed by atoms with Gasteiger partial charge in [0.05, 0.1) is 25.0 Å². The third-order valence-corrected chi connectivity index (χ3v) is 5.20. The van der Waals surface area contributed by atoms with Crippen molar-refractivity contribution in [2.45, 2.75) is 31.9 Å². The maximum absolute atomic E-state index is 10.5. The van der Waals surface area contributed by atoms with E-state index in [0.29, 0.717) is 12.6 Å². The van der Waals surface area contributed by atoms with Crippen molar-refractivity contribution in [2.75, 3.05) is 64.4 Å². The number of aromatic nitrogens is 2. The molecule has 0 aliphatic carbocycles. The Labute approximate surface area is 150 Å². The quantitative estimate of drug-likeness (QED) is 0.796. The van der Waals surface area contributed by atoms with Gasteiger partial charge in [0.2, 0.25) is 0 Å². The van der Waals surface area contributed by atoms with Gasteiger partial charge in [-0.05, 0) is 38.9 Å². The number of ether oxygens (including phenoxy) is 1. The lowest BCUT2D eigenvalue weighted by Gasteiger charge is -2.39. The van der Waals surface area contributed by atoms with Crippen molar-refractivity contribution >= 4 is 5.82 Å². The monoisotopic (exact) mass is 349 g/mol. The van der Waals surface area contributed by atoms with Gasteiger partial charge in [0.15, 0.2) is 5.82 Å². The molecule has 0 spiro atoms. The number of morpholine rings is 1. The summed E-state index contributed by atoms with van der Waals surface area (Å²) in [6.45, 7) is 8.75. The van der Waals surface area contributed by atoms with Gasteiger partial charge in [-0.2, -0.15) is 5.10 Å². The average molecular weight is 349 g/mol. The fourth-order valence-corrected chi connectivity index (χ4v) is 3.70. The normalized spacial score (nSPS) is 23.8. The number of rotatable bonds is 6. The van der Waals surface area contributed by atoms with Gasteiger partial charge < -0.3 is 14.7 Å². The highest BCUT2D eigenvalue weighted by atomic mass is 16.5. The fourth-order valence-electron chi connectivity index (χ4n) is 3.70. The van der Waals surface area contributed by atoms with E-state index in [9.17, 15) is 5.11 Å². The van der Waals surface area contributed by atoms with Crippen molar-refractivity contribution in [2.24, 2.45) is 0 Å². The lowest BCUT2D eigenvalue weighted by atomic mass is 10.0. The highest BCUT2D eigenvalue weighted by Gasteiger charge is 2.26. The number of nitrogens with zero attached hydrogens (tertiary/aromatic N) is 5. The summed E-state index contributed by atoms with van der Waals surface area (Å²) >= 11 is 0. The second-order valence-electron chi connectivity index (χ2n) is 7.28. The highest BCUT2D eigenvalue weighted by Crippen LogP contribution is 2.20. The van der Waals surface area contributed by atoms with Crippen LogP contribution in [0, 0.1) is 6.92 Å². The maximum Gasteiger partial charge on any atom is 0.151 e. The molecule has 7 nitrogen and oxygen atoms in total. The van der Waals surface area contributed by atoms with Gasteiger partial charge in [0.25, 0.3) is 0 Å². The molecule has 1 aromatic rings. The Hall–Kier alpha value is -1.28. The van der Waals surface area contributed by atoms with Gasteiger partial charge in [0, 0.05) is 45.3 Å². The van der Waals surface area contributed by atoms with Crippen LogP contribution in [0.1, 0.15) is 18.5 Å². The van der Waals surface area contributed by atoms with Gasteiger partial charge in [-0.3, -0.25) is 9.80 Å². The number of hydrogen-bond donors (Lipinski definition) is 1. The molecule has 2 saturated heterocycles. The van der Waals surface area contributed by atoms with Crippen LogP contribution in [0.15, 0.2) is 12.1 Å². The molecule has 0 unspecified atom stereocenters. The molecule has 2 fully saturated rings. The Morgan fingerprint density at radius 2 is 2.08 bits per heavy atom. The first-order chi connectivity index (χ1) is 12.1. The molecule has 2 aliphatic heterocycles. The number of aryl methyl sites for hydroxylation is 1. The summed E-state index contributed by atoms with van der Waals surface area (Å²) in [6.07, 6.45) is 1.98. The molecule has 3 heterocycles. The predicted octanol–water partition coefficient (Wildman–Crippen LogP) is 0.379. The number of aliphatic hydroxyl groups excluding tert-OH is 1. The lowest BCUT2D eigenvalue weighted by Crippen LogP contribution is -2.50. The van der Waals surface area contributed by atoms with E-state index in [1.165, 1.54) is 0 Å². The molecule has 3 rings (SSSR count). The van der Waals surface area contributed by atoms with E-state index in [1.807, 2.05) is 13.0 Å². The average Bonchev–Trinajstić information content (AvgIpc) is 2.63. The molecule has 1 aromatic heterocycles. The van der Waals surface area contributed by atoms with Crippen molar-refractivity contribution < 1.29 is 9.84 Å². The number of anilines is 1. The second kappa shape index (κ2) is 8.89. The van der Waals surface area contributed by atoms with E-state index in [0.717, 1.165) is 70.3 Å². The SMILES string of the molecule is Cc1ccc(N2CCC[C@@H](N(C)C[C@H](O)CN3CCOCC3)C2)nn1. The molecule has 140 valence electrons. The topological polar surface area (TPSA) is 65.0 Å². The zero-order valence-corrected chi connectivity index (χ0v) is 15.5. The predicted molar refractivity (Wildman–Crippen MR) is 97.9 cm³/mol. The zero-order valence-electron chi connectivity index (χ0n) is 15.5. The van der Waals surface area contributed by atoms with Crippen LogP contribution in [0.3, 0.4) is 0 Å². The van der Waals surface area contributed by atoms with Gasteiger partial charge in [-0.15, -0.1) is 5.10 Å². The fraction of sp³-hybridized carbons (Fsp3) is 0.778. The van der Waals surface area contributed by atoms with Crippen molar-refractivity contribution in [3.05, 3.63) is 17.8 Å². The molecule has 0 bridgehead atoms. The number of aliphatic hydroxyl groups is 1. The molecule has 0 amide bonds. The number of hydrogen-bond acceptors (Lipinski definition) is 7. The molecular formula is C18H31N5O2. The summed E-state index contributed by atoms with van der Waals surface area (Å²) in [5, 5.41) is 19.0. The summed E-state index contributed by atoms with van der Waals surface area (Å²) < 4.78 is 5.37. The molecule has 2 atom stereocenters. The first-order valence-corrected chi connectivity index (χ1v) is 9.35. The van der Waals surface area contributed by atoms with Crippen LogP contribution < -0.4 is 4.90 Å². The van der Waals surface area contributed by atoms with Crippen LogP contribution in [0.5, 0.6) is 0 Å². The summed E-state index contributed by atoms with van der Waals surface area (Å²) in [4.78, 5) is 6.90. The van der Waals surface area contributed by atoms with Crippen molar-refractivity contribution in [3.63, 3.8) is 0 Å². The van der Waals surface area contributed by atoms with Crippen LogP contribution in [-0.4, -0.2) is 96.8 Å². The standard InChI is InChI=1S/C18H31N5O2/c1-15-5-6-18(20-19-15)23-7-3-4-16(12-23)21(2)13-17(24)14-22-8-10-25-11-9-22/h5-6,16-17,24H,3-4,7-14H2,1-2H3/t16-,17+/m1/s1. The Morgan fingerprint density at radius 1 is 1.28 bits per heavy atom. The van der Waals surface area contributed by atoms with Crippen molar-refractivity contribution in [1.82, 2.24) is 20.0 Å². The van der Waals surface area contributed by atoms with Crippen LogP contribution in [0.4, 0.5) is 5.82 Å². The molecule has 7 heteroatoms. The number of likely N-dealkylation sites (N-methyl/N-ethyl adjacent to an activating group) is 1. The van der Waals surface area contributed by atoms with Gasteiger partial charge >= 0.3 is 0 Å². The molecule has 25 heavy (non-hydrogen) atoms. The Kier molecular flexibility index (Phi) is 6.58. The lowest BCUT2D eigenvalue weighted by molar-refractivity contribution is 0.00529. The Bertz CT molecular complexity index is 521. The van der Waals surface area contributed by atoms with Gasteiger partial charge in [-0.1, -0.05) is 0 Å². The third-order valence-electron chi connectivity index (χ3n) is 5.20. The minimum absolute atomic E-state index is 0.322. The Morgan fingerprint density at radius 3 is 2.80 bits per heavy atom.